The van der Waals surface area contributed by atoms with Crippen molar-refractivity contribution in [3.63, 3.8) is 0 Å². The van der Waals surface area contributed by atoms with E-state index >= 15 is 0 Å². The minimum absolute atomic E-state index is 0.0587. The summed E-state index contributed by atoms with van der Waals surface area (Å²) in [6, 6.07) is 19.9. The summed E-state index contributed by atoms with van der Waals surface area (Å²) in [6.07, 6.45) is 3.53. The van der Waals surface area contributed by atoms with Crippen molar-refractivity contribution in [1.82, 2.24) is 14.9 Å². The highest BCUT2D eigenvalue weighted by Crippen LogP contribution is 2.30. The lowest BCUT2D eigenvalue weighted by Gasteiger charge is -2.36. The molecule has 1 N–H and O–H groups in total. The molecule has 2 aromatic carbocycles. The van der Waals surface area contributed by atoms with Crippen LogP contribution in [0.2, 0.25) is 0 Å². The van der Waals surface area contributed by atoms with Gasteiger partial charge in [0.15, 0.2) is 0 Å². The molecule has 7 nitrogen and oxygen atoms in total. The Morgan fingerprint density at radius 3 is 2.54 bits per heavy atom. The van der Waals surface area contributed by atoms with Gasteiger partial charge >= 0.3 is 0 Å². The molecule has 5 rings (SSSR count). The number of aryl methyl sites for hydroxylation is 1. The monoisotopic (exact) mass is 485 g/mol. The Morgan fingerprint density at radius 2 is 1.74 bits per heavy atom. The summed E-state index contributed by atoms with van der Waals surface area (Å²) in [5, 5.41) is 1.11. The Morgan fingerprint density at radius 1 is 0.971 bits per heavy atom. The van der Waals surface area contributed by atoms with E-state index in [-0.39, 0.29) is 5.91 Å². The van der Waals surface area contributed by atoms with Gasteiger partial charge in [-0.2, -0.15) is 0 Å². The largest absolute Gasteiger partial charge is 0.480 e. The lowest BCUT2D eigenvalue weighted by Crippen LogP contribution is -2.48. The molecule has 178 valence electrons. The second-order valence-corrected chi connectivity index (χ2v) is 9.22. The van der Waals surface area contributed by atoms with Crippen LogP contribution in [0, 0.1) is 6.92 Å². The molecule has 4 aromatic rings. The van der Waals surface area contributed by atoms with Gasteiger partial charge in [-0.1, -0.05) is 18.2 Å². The Kier molecular flexibility index (Phi) is 6.72. The van der Waals surface area contributed by atoms with E-state index in [1.807, 2.05) is 60.5 Å². The van der Waals surface area contributed by atoms with Crippen molar-refractivity contribution in [2.24, 2.45) is 0 Å². The van der Waals surface area contributed by atoms with Gasteiger partial charge in [-0.3, -0.25) is 9.78 Å². The number of nitrogens with one attached hydrogen (secondary N) is 1. The zero-order valence-corrected chi connectivity index (χ0v) is 20.6. The first-order valence-corrected chi connectivity index (χ1v) is 12.4. The maximum atomic E-state index is 13.2. The molecule has 1 aliphatic rings. The predicted octanol–water partition coefficient (Wildman–Crippen LogP) is 5.03. The lowest BCUT2D eigenvalue weighted by atomic mass is 10.1. The third-order valence-electron chi connectivity index (χ3n) is 6.19. The summed E-state index contributed by atoms with van der Waals surface area (Å²) in [7, 11) is 1.63. The molecule has 0 radical (unpaired) electrons. The highest BCUT2D eigenvalue weighted by Gasteiger charge is 2.24. The van der Waals surface area contributed by atoms with Crippen molar-refractivity contribution < 1.29 is 9.53 Å². The van der Waals surface area contributed by atoms with Crippen molar-refractivity contribution >= 4 is 40.1 Å². The van der Waals surface area contributed by atoms with Gasteiger partial charge in [0.2, 0.25) is 5.88 Å². The third kappa shape index (κ3) is 4.88. The number of para-hydroxylation sites is 1. The number of anilines is 2. The maximum absolute atomic E-state index is 13.2. The molecule has 0 aliphatic carbocycles. The van der Waals surface area contributed by atoms with Gasteiger partial charge in [-0.05, 0) is 66.9 Å². The number of ether oxygens (including phenoxy) is 1. The molecule has 1 amide bonds. The first kappa shape index (κ1) is 23.0. The number of piperazine rings is 1. The molecule has 0 spiro atoms. The van der Waals surface area contributed by atoms with Crippen LogP contribution in [-0.2, 0) is 0 Å². The second kappa shape index (κ2) is 10.2. The topological polar surface area (TPSA) is 70.6 Å². The lowest BCUT2D eigenvalue weighted by molar-refractivity contribution is 0.0746. The SMILES string of the molecule is COc1ncccc1N1CCN(C(=O)c2ccc(NSc3cccc4cccnc34)c(C)c2)CC1. The highest BCUT2D eigenvalue weighted by atomic mass is 32.2. The highest BCUT2D eigenvalue weighted by molar-refractivity contribution is 8.00. The Hall–Kier alpha value is -3.78. The molecule has 8 heteroatoms. The fraction of sp³-hybridized carbons (Fsp3) is 0.222. The molecule has 2 aromatic heterocycles. The minimum atomic E-state index is 0.0587. The van der Waals surface area contributed by atoms with Crippen LogP contribution in [-0.4, -0.2) is 54.1 Å². The van der Waals surface area contributed by atoms with E-state index in [0.29, 0.717) is 24.5 Å². The number of pyridine rings is 2. The van der Waals surface area contributed by atoms with Gasteiger partial charge in [-0.25, -0.2) is 4.98 Å². The number of rotatable bonds is 6. The van der Waals surface area contributed by atoms with Crippen molar-refractivity contribution in [2.45, 2.75) is 11.8 Å². The normalized spacial score (nSPS) is 13.7. The van der Waals surface area contributed by atoms with Crippen molar-refractivity contribution in [1.29, 1.82) is 0 Å². The third-order valence-corrected chi connectivity index (χ3v) is 7.06. The number of fused-ring (bicyclic) bond motifs is 1. The number of hydrogen-bond donors (Lipinski definition) is 1. The first-order valence-electron chi connectivity index (χ1n) is 11.5. The van der Waals surface area contributed by atoms with Crippen LogP contribution < -0.4 is 14.4 Å². The number of amides is 1. The molecule has 0 saturated carbocycles. The van der Waals surface area contributed by atoms with Gasteiger partial charge in [0.05, 0.1) is 23.2 Å². The zero-order chi connectivity index (χ0) is 24.2. The van der Waals surface area contributed by atoms with Gasteiger partial charge in [0, 0.05) is 55.2 Å². The first-order chi connectivity index (χ1) is 17.1. The number of aromatic nitrogens is 2. The number of nitrogens with zero attached hydrogens (tertiary/aromatic N) is 4. The molecular formula is C27H27N5O2S. The molecule has 0 bridgehead atoms. The standard InChI is InChI=1S/C27H27N5O2S/c1-19-18-21(10-11-22(19)30-35-24-9-3-6-20-7-4-12-28-25(20)24)27(33)32-16-14-31(15-17-32)23-8-5-13-29-26(23)34-2/h3-13,18,30H,14-17H2,1-2H3. The van der Waals surface area contributed by atoms with Gasteiger partial charge in [0.25, 0.3) is 5.91 Å². The summed E-state index contributed by atoms with van der Waals surface area (Å²) in [5.41, 5.74) is 4.65. The molecule has 1 fully saturated rings. The number of methoxy groups -OCH3 is 1. The van der Waals surface area contributed by atoms with Crippen LogP contribution in [0.4, 0.5) is 11.4 Å². The van der Waals surface area contributed by atoms with Gasteiger partial charge in [-0.15, -0.1) is 0 Å². The van der Waals surface area contributed by atoms with Crippen molar-refractivity contribution in [3.8, 4) is 5.88 Å². The van der Waals surface area contributed by atoms with Crippen molar-refractivity contribution in [3.05, 3.63) is 84.2 Å². The van der Waals surface area contributed by atoms with Crippen LogP contribution in [0.3, 0.4) is 0 Å². The van der Waals surface area contributed by atoms with Crippen LogP contribution in [0.1, 0.15) is 15.9 Å². The molecule has 3 heterocycles. The number of hydrogen-bond acceptors (Lipinski definition) is 7. The molecule has 1 aliphatic heterocycles. The summed E-state index contributed by atoms with van der Waals surface area (Å²) in [4.78, 5) is 27.2. The van der Waals surface area contributed by atoms with Crippen LogP contribution in [0.15, 0.2) is 78.0 Å². The minimum Gasteiger partial charge on any atom is -0.480 e. The molecule has 0 unspecified atom stereocenters. The van der Waals surface area contributed by atoms with E-state index < -0.39 is 0 Å². The average Bonchev–Trinajstić information content (AvgIpc) is 2.92. The van der Waals surface area contributed by atoms with Crippen molar-refractivity contribution in [2.75, 3.05) is 42.9 Å². The van der Waals surface area contributed by atoms with E-state index in [4.69, 9.17) is 4.74 Å². The van der Waals surface area contributed by atoms with E-state index in [1.165, 1.54) is 11.9 Å². The number of carbonyl (C=O) groups is 1. The molecule has 35 heavy (non-hydrogen) atoms. The van der Waals surface area contributed by atoms with Gasteiger partial charge < -0.3 is 19.3 Å². The quantitative estimate of drug-likeness (QED) is 0.384. The van der Waals surface area contributed by atoms with E-state index in [9.17, 15) is 4.79 Å². The Balaban J connectivity index is 1.23. The number of carbonyl (C=O) groups excluding carboxylic acids is 1. The van der Waals surface area contributed by atoms with Gasteiger partial charge in [0.1, 0.15) is 0 Å². The summed E-state index contributed by atoms with van der Waals surface area (Å²) in [6.45, 7) is 4.80. The van der Waals surface area contributed by atoms with E-state index in [0.717, 1.165) is 45.8 Å². The molecular weight excluding hydrogens is 458 g/mol. The van der Waals surface area contributed by atoms with E-state index in [2.05, 4.69) is 37.8 Å². The fourth-order valence-corrected chi connectivity index (χ4v) is 5.16. The summed E-state index contributed by atoms with van der Waals surface area (Å²) >= 11 is 1.53. The van der Waals surface area contributed by atoms with Crippen LogP contribution in [0.5, 0.6) is 5.88 Å². The summed E-state index contributed by atoms with van der Waals surface area (Å²) < 4.78 is 8.82. The van der Waals surface area contributed by atoms with E-state index in [1.54, 1.807) is 13.3 Å². The Bertz CT molecular complexity index is 1350. The average molecular weight is 486 g/mol. The van der Waals surface area contributed by atoms with Crippen LogP contribution in [0.25, 0.3) is 10.9 Å². The zero-order valence-electron chi connectivity index (χ0n) is 19.8. The smallest absolute Gasteiger partial charge is 0.253 e. The maximum Gasteiger partial charge on any atom is 0.253 e. The Labute approximate surface area is 209 Å². The number of benzene rings is 2. The summed E-state index contributed by atoms with van der Waals surface area (Å²) in [5.74, 6) is 0.673. The molecule has 1 saturated heterocycles. The fourth-order valence-electron chi connectivity index (χ4n) is 4.29. The van der Waals surface area contributed by atoms with Crippen LogP contribution >= 0.6 is 11.9 Å². The predicted molar refractivity (Wildman–Crippen MR) is 141 cm³/mol. The molecule has 0 atom stereocenters. The second-order valence-electron chi connectivity index (χ2n) is 8.38.